The van der Waals surface area contributed by atoms with E-state index in [0.29, 0.717) is 41.1 Å². The van der Waals surface area contributed by atoms with Crippen LogP contribution in [0.25, 0.3) is 22.1 Å². The van der Waals surface area contributed by atoms with Crippen LogP contribution in [0.15, 0.2) is 57.7 Å². The van der Waals surface area contributed by atoms with Crippen molar-refractivity contribution in [2.45, 2.75) is 20.8 Å². The van der Waals surface area contributed by atoms with Crippen LogP contribution in [0, 0.1) is 6.92 Å². The van der Waals surface area contributed by atoms with Gasteiger partial charge in [0.05, 0.1) is 10.9 Å². The molecular weight excluding hydrogens is 330 g/mol. The molecule has 0 spiro atoms. The lowest BCUT2D eigenvalue weighted by Crippen LogP contribution is -2.33. The highest BCUT2D eigenvalue weighted by atomic mass is 16.6. The summed E-state index contributed by atoms with van der Waals surface area (Å²) in [5.41, 5.74) is 1.66. The van der Waals surface area contributed by atoms with E-state index in [1.165, 1.54) is 0 Å². The van der Waals surface area contributed by atoms with Crippen LogP contribution in [0.4, 0.5) is 4.79 Å². The quantitative estimate of drug-likeness (QED) is 0.689. The SMILES string of the molecule is CCN(CC)C(=O)Oc1ccc2c(=O)c(-c3ccccc3)c(C)oc2c1. The molecule has 1 amide bonds. The minimum atomic E-state index is -0.422. The lowest BCUT2D eigenvalue weighted by molar-refractivity contribution is 0.157. The lowest BCUT2D eigenvalue weighted by Gasteiger charge is -2.17. The van der Waals surface area contributed by atoms with E-state index in [9.17, 15) is 9.59 Å². The van der Waals surface area contributed by atoms with Crippen molar-refractivity contribution < 1.29 is 13.9 Å². The average molecular weight is 351 g/mol. The average Bonchev–Trinajstić information content (AvgIpc) is 2.63. The van der Waals surface area contributed by atoms with Gasteiger partial charge in [-0.25, -0.2) is 4.79 Å². The predicted molar refractivity (Wildman–Crippen MR) is 102 cm³/mol. The van der Waals surface area contributed by atoms with Gasteiger partial charge in [-0.2, -0.15) is 0 Å². The van der Waals surface area contributed by atoms with Crippen molar-refractivity contribution >= 4 is 17.1 Å². The number of carbonyl (C=O) groups excluding carboxylic acids is 1. The number of hydrogen-bond donors (Lipinski definition) is 0. The Kier molecular flexibility index (Phi) is 5.07. The molecule has 5 nitrogen and oxygen atoms in total. The molecule has 5 heteroatoms. The molecule has 0 aliphatic carbocycles. The van der Waals surface area contributed by atoms with E-state index in [1.54, 1.807) is 30.0 Å². The number of aryl methyl sites for hydroxylation is 1. The van der Waals surface area contributed by atoms with Gasteiger partial charge in [-0.1, -0.05) is 30.3 Å². The van der Waals surface area contributed by atoms with Gasteiger partial charge in [-0.3, -0.25) is 4.79 Å². The fourth-order valence-corrected chi connectivity index (χ4v) is 2.94. The van der Waals surface area contributed by atoms with Crippen LogP contribution >= 0.6 is 0 Å². The van der Waals surface area contributed by atoms with Gasteiger partial charge in [0, 0.05) is 19.2 Å². The van der Waals surface area contributed by atoms with Crippen LogP contribution < -0.4 is 10.2 Å². The number of fused-ring (bicyclic) bond motifs is 1. The first-order chi connectivity index (χ1) is 12.5. The van der Waals surface area contributed by atoms with E-state index in [0.717, 1.165) is 5.56 Å². The molecule has 0 atom stereocenters. The summed E-state index contributed by atoms with van der Waals surface area (Å²) < 4.78 is 11.2. The summed E-state index contributed by atoms with van der Waals surface area (Å²) in [4.78, 5) is 26.6. The molecule has 0 saturated heterocycles. The van der Waals surface area contributed by atoms with Crippen molar-refractivity contribution in [1.29, 1.82) is 0 Å². The standard InChI is InChI=1S/C21H21NO4/c1-4-22(5-2)21(24)26-16-11-12-17-18(13-16)25-14(3)19(20(17)23)15-9-7-6-8-10-15/h6-13H,4-5H2,1-3H3. The zero-order chi connectivity index (χ0) is 18.7. The van der Waals surface area contributed by atoms with Gasteiger partial charge in [0.15, 0.2) is 0 Å². The molecule has 134 valence electrons. The Morgan fingerprint density at radius 1 is 1.08 bits per heavy atom. The first kappa shape index (κ1) is 17.7. The smallest absolute Gasteiger partial charge is 0.415 e. The molecule has 3 rings (SSSR count). The molecule has 1 aromatic heterocycles. The van der Waals surface area contributed by atoms with Gasteiger partial charge in [-0.05, 0) is 38.5 Å². The largest absolute Gasteiger partial charge is 0.460 e. The Balaban J connectivity index is 2.02. The number of ether oxygens (including phenoxy) is 1. The maximum atomic E-state index is 12.9. The number of benzene rings is 2. The van der Waals surface area contributed by atoms with Crippen molar-refractivity contribution in [2.24, 2.45) is 0 Å². The summed E-state index contributed by atoms with van der Waals surface area (Å²) in [6.45, 7) is 6.67. The molecule has 0 bridgehead atoms. The number of hydrogen-bond acceptors (Lipinski definition) is 4. The third kappa shape index (κ3) is 3.33. The van der Waals surface area contributed by atoms with Crippen LogP contribution in [0.5, 0.6) is 5.75 Å². The number of rotatable bonds is 4. The highest BCUT2D eigenvalue weighted by molar-refractivity contribution is 5.84. The third-order valence-electron chi connectivity index (χ3n) is 4.33. The van der Waals surface area contributed by atoms with Gasteiger partial charge in [0.2, 0.25) is 5.43 Å². The summed E-state index contributed by atoms with van der Waals surface area (Å²) >= 11 is 0. The second-order valence-electron chi connectivity index (χ2n) is 5.93. The van der Waals surface area contributed by atoms with E-state index in [4.69, 9.17) is 9.15 Å². The van der Waals surface area contributed by atoms with Crippen molar-refractivity contribution in [1.82, 2.24) is 4.90 Å². The second kappa shape index (κ2) is 7.44. The minimum absolute atomic E-state index is 0.100. The topological polar surface area (TPSA) is 59.8 Å². The van der Waals surface area contributed by atoms with Gasteiger partial charge in [0.1, 0.15) is 17.1 Å². The minimum Gasteiger partial charge on any atom is -0.460 e. The van der Waals surface area contributed by atoms with Crippen molar-refractivity contribution in [2.75, 3.05) is 13.1 Å². The highest BCUT2D eigenvalue weighted by Gasteiger charge is 2.16. The lowest BCUT2D eigenvalue weighted by atomic mass is 10.0. The Morgan fingerprint density at radius 3 is 2.42 bits per heavy atom. The molecular formula is C21H21NO4. The first-order valence-corrected chi connectivity index (χ1v) is 8.64. The number of nitrogens with zero attached hydrogens (tertiary/aromatic N) is 1. The second-order valence-corrected chi connectivity index (χ2v) is 5.93. The molecule has 0 aliphatic heterocycles. The Bertz CT molecular complexity index is 988. The fraction of sp³-hybridized carbons (Fsp3) is 0.238. The van der Waals surface area contributed by atoms with Crippen molar-refractivity contribution in [3.63, 3.8) is 0 Å². The van der Waals surface area contributed by atoms with Crippen LogP contribution in [0.3, 0.4) is 0 Å². The van der Waals surface area contributed by atoms with E-state index in [1.807, 2.05) is 44.2 Å². The fourth-order valence-electron chi connectivity index (χ4n) is 2.94. The van der Waals surface area contributed by atoms with E-state index in [-0.39, 0.29) is 5.43 Å². The third-order valence-corrected chi connectivity index (χ3v) is 4.33. The maximum absolute atomic E-state index is 12.9. The predicted octanol–water partition coefficient (Wildman–Crippen LogP) is 4.61. The van der Waals surface area contributed by atoms with Gasteiger partial charge in [-0.15, -0.1) is 0 Å². The van der Waals surface area contributed by atoms with Crippen molar-refractivity contribution in [3.8, 4) is 16.9 Å². The zero-order valence-electron chi connectivity index (χ0n) is 15.1. The summed E-state index contributed by atoms with van der Waals surface area (Å²) in [5.74, 6) is 0.880. The molecule has 0 saturated carbocycles. The highest BCUT2D eigenvalue weighted by Crippen LogP contribution is 2.26. The number of carbonyl (C=O) groups is 1. The molecule has 0 fully saturated rings. The normalized spacial score (nSPS) is 10.7. The molecule has 1 heterocycles. The first-order valence-electron chi connectivity index (χ1n) is 8.64. The van der Waals surface area contributed by atoms with Crippen LogP contribution in [0.1, 0.15) is 19.6 Å². The summed E-state index contributed by atoms with van der Waals surface area (Å²) in [6.07, 6.45) is -0.422. The molecule has 0 N–H and O–H groups in total. The summed E-state index contributed by atoms with van der Waals surface area (Å²) in [5, 5.41) is 0.456. The zero-order valence-corrected chi connectivity index (χ0v) is 15.1. The van der Waals surface area contributed by atoms with E-state index in [2.05, 4.69) is 0 Å². The molecule has 0 unspecified atom stereocenters. The maximum Gasteiger partial charge on any atom is 0.415 e. The molecule has 0 radical (unpaired) electrons. The number of amides is 1. The van der Waals surface area contributed by atoms with Crippen LogP contribution in [0.2, 0.25) is 0 Å². The van der Waals surface area contributed by atoms with Crippen molar-refractivity contribution in [3.05, 3.63) is 64.5 Å². The summed E-state index contributed by atoms with van der Waals surface area (Å²) in [7, 11) is 0. The molecule has 0 aliphatic rings. The van der Waals surface area contributed by atoms with Gasteiger partial charge in [0.25, 0.3) is 0 Å². The van der Waals surface area contributed by atoms with E-state index >= 15 is 0 Å². The Hall–Kier alpha value is -3.08. The van der Waals surface area contributed by atoms with Gasteiger partial charge >= 0.3 is 6.09 Å². The Morgan fingerprint density at radius 2 is 1.77 bits per heavy atom. The molecule has 2 aromatic carbocycles. The molecule has 26 heavy (non-hydrogen) atoms. The Labute approximate surface area is 151 Å². The van der Waals surface area contributed by atoms with Crippen LogP contribution in [-0.4, -0.2) is 24.1 Å². The van der Waals surface area contributed by atoms with Crippen LogP contribution in [-0.2, 0) is 0 Å². The van der Waals surface area contributed by atoms with E-state index < -0.39 is 6.09 Å². The molecule has 3 aromatic rings. The monoisotopic (exact) mass is 351 g/mol. The summed E-state index contributed by atoms with van der Waals surface area (Å²) in [6, 6.07) is 14.3. The van der Waals surface area contributed by atoms with Gasteiger partial charge < -0.3 is 14.1 Å².